The molecule has 0 bridgehead atoms. The van der Waals surface area contributed by atoms with Gasteiger partial charge < -0.3 is 30.2 Å². The Morgan fingerprint density at radius 3 is 2.73 bits per heavy atom. The van der Waals surface area contributed by atoms with E-state index in [4.69, 9.17) is 21.1 Å². The monoisotopic (exact) mass is 535 g/mol. The molecule has 1 aliphatic rings. The summed E-state index contributed by atoms with van der Waals surface area (Å²) in [7, 11) is 3.16. The van der Waals surface area contributed by atoms with Crippen molar-refractivity contribution < 1.29 is 28.2 Å². The summed E-state index contributed by atoms with van der Waals surface area (Å²) in [6, 6.07) is 11.3. The first-order chi connectivity index (χ1) is 17.9. The third-order valence-electron chi connectivity index (χ3n) is 6.27. The van der Waals surface area contributed by atoms with Crippen LogP contribution in [-0.2, 0) is 14.2 Å². The van der Waals surface area contributed by atoms with Gasteiger partial charge in [-0.2, -0.15) is 0 Å². The van der Waals surface area contributed by atoms with Crippen molar-refractivity contribution in [2.24, 2.45) is 5.92 Å². The maximum atomic E-state index is 14.1. The molecule has 10 heteroatoms. The smallest absolute Gasteiger partial charge is 0.406 e. The molecular formula is C27H35ClFN3O5. The Morgan fingerprint density at radius 2 is 2.03 bits per heavy atom. The largest absolute Gasteiger partial charge is 0.453 e. The van der Waals surface area contributed by atoms with Crippen molar-refractivity contribution in [3.63, 3.8) is 0 Å². The van der Waals surface area contributed by atoms with Crippen LogP contribution in [-0.4, -0.2) is 65.1 Å². The Balaban J connectivity index is 1.70. The van der Waals surface area contributed by atoms with Gasteiger partial charge in [-0.05, 0) is 73.7 Å². The number of nitrogens with one attached hydrogen (secondary N) is 3. The van der Waals surface area contributed by atoms with Crippen LogP contribution in [0.15, 0.2) is 42.5 Å². The molecule has 0 aromatic heterocycles. The summed E-state index contributed by atoms with van der Waals surface area (Å²) in [6.45, 7) is 2.37. The highest BCUT2D eigenvalue weighted by atomic mass is 35.5. The molecule has 1 saturated heterocycles. The highest BCUT2D eigenvalue weighted by Gasteiger charge is 2.21. The normalized spacial score (nSPS) is 17.0. The molecule has 0 saturated carbocycles. The molecule has 3 atom stereocenters. The van der Waals surface area contributed by atoms with E-state index in [2.05, 4.69) is 20.7 Å². The third-order valence-corrected chi connectivity index (χ3v) is 6.49. The van der Waals surface area contributed by atoms with E-state index in [9.17, 15) is 14.0 Å². The van der Waals surface area contributed by atoms with Crippen LogP contribution in [0, 0.1) is 11.7 Å². The molecule has 8 nitrogen and oxygen atoms in total. The van der Waals surface area contributed by atoms with Gasteiger partial charge in [0, 0.05) is 42.9 Å². The fourth-order valence-corrected chi connectivity index (χ4v) is 4.60. The van der Waals surface area contributed by atoms with Crippen LogP contribution < -0.4 is 16.0 Å². The third kappa shape index (κ3) is 9.27. The van der Waals surface area contributed by atoms with Gasteiger partial charge in [0.05, 0.1) is 13.7 Å². The molecule has 2 amide bonds. The lowest BCUT2D eigenvalue weighted by molar-refractivity contribution is 0.0478. The summed E-state index contributed by atoms with van der Waals surface area (Å²) in [5, 5.41) is 9.06. The molecule has 1 fully saturated rings. The van der Waals surface area contributed by atoms with Crippen LogP contribution >= 0.6 is 11.6 Å². The van der Waals surface area contributed by atoms with E-state index in [1.807, 2.05) is 7.05 Å². The van der Waals surface area contributed by atoms with E-state index in [0.717, 1.165) is 32.5 Å². The van der Waals surface area contributed by atoms with E-state index >= 15 is 0 Å². The topological polar surface area (TPSA) is 97.9 Å². The van der Waals surface area contributed by atoms with Crippen LogP contribution in [0.1, 0.15) is 46.9 Å². The maximum absolute atomic E-state index is 14.1. The van der Waals surface area contributed by atoms with Gasteiger partial charge in [-0.1, -0.05) is 23.7 Å². The second-order valence-corrected chi connectivity index (χ2v) is 9.45. The lowest BCUT2D eigenvalue weighted by Gasteiger charge is -2.26. The van der Waals surface area contributed by atoms with Gasteiger partial charge in [0.2, 0.25) is 0 Å². The molecule has 37 heavy (non-hydrogen) atoms. The van der Waals surface area contributed by atoms with Gasteiger partial charge in [-0.3, -0.25) is 4.79 Å². The Labute approximate surface area is 222 Å². The Bertz CT molecular complexity index is 1010. The van der Waals surface area contributed by atoms with Gasteiger partial charge in [0.25, 0.3) is 5.91 Å². The first-order valence-electron chi connectivity index (χ1n) is 12.4. The Kier molecular flexibility index (Phi) is 11.6. The van der Waals surface area contributed by atoms with Gasteiger partial charge in [-0.15, -0.1) is 0 Å². The molecule has 0 spiro atoms. The van der Waals surface area contributed by atoms with E-state index in [-0.39, 0.29) is 30.1 Å². The van der Waals surface area contributed by atoms with E-state index in [1.54, 1.807) is 30.3 Å². The van der Waals surface area contributed by atoms with E-state index in [1.165, 1.54) is 19.2 Å². The van der Waals surface area contributed by atoms with Crippen LogP contribution in [0.2, 0.25) is 5.02 Å². The number of hydrogen-bond acceptors (Lipinski definition) is 6. The van der Waals surface area contributed by atoms with Crippen molar-refractivity contribution in [2.75, 3.05) is 47.1 Å². The molecule has 0 radical (unpaired) electrons. The van der Waals surface area contributed by atoms with Crippen molar-refractivity contribution in [3.8, 4) is 0 Å². The molecule has 2 aromatic rings. The summed E-state index contributed by atoms with van der Waals surface area (Å²) >= 11 is 6.09. The zero-order valence-corrected chi connectivity index (χ0v) is 22.0. The number of halogens is 2. The summed E-state index contributed by atoms with van der Waals surface area (Å²) in [4.78, 5) is 24.3. The van der Waals surface area contributed by atoms with Gasteiger partial charge in [0.1, 0.15) is 11.9 Å². The number of carbonyl (C=O) groups excluding carboxylic acids is 2. The maximum Gasteiger partial charge on any atom is 0.406 e. The highest BCUT2D eigenvalue weighted by molar-refractivity contribution is 6.30. The number of ether oxygens (including phenoxy) is 3. The van der Waals surface area contributed by atoms with Crippen molar-refractivity contribution in [1.82, 2.24) is 16.0 Å². The molecule has 1 aliphatic heterocycles. The molecular weight excluding hydrogens is 501 g/mol. The molecule has 1 heterocycles. The fraction of sp³-hybridized carbons (Fsp3) is 0.481. The molecule has 202 valence electrons. The number of likely N-dealkylation sites (N-methyl/N-ethyl adjacent to an activating group) is 1. The SMILES string of the molecule is CN[C@H](CNC(=O)c1cccc([C@@H](OCCNC(=O)OC)c2cc(F)cc(Cl)c2)c1)C[C@H]1CCCOC1. The molecule has 3 rings (SSSR count). The van der Waals surface area contributed by atoms with Crippen LogP contribution in [0.4, 0.5) is 9.18 Å². The number of benzene rings is 2. The molecule has 2 aromatic carbocycles. The van der Waals surface area contributed by atoms with Crippen molar-refractivity contribution >= 4 is 23.6 Å². The first-order valence-corrected chi connectivity index (χ1v) is 12.8. The summed E-state index contributed by atoms with van der Waals surface area (Å²) in [5.41, 5.74) is 1.60. The van der Waals surface area contributed by atoms with E-state index in [0.29, 0.717) is 29.2 Å². The first kappa shape index (κ1) is 28.8. The molecule has 0 unspecified atom stereocenters. The van der Waals surface area contributed by atoms with Gasteiger partial charge in [0.15, 0.2) is 0 Å². The predicted octanol–water partition coefficient (Wildman–Crippen LogP) is 4.08. The lowest BCUT2D eigenvalue weighted by Crippen LogP contribution is -2.41. The summed E-state index contributed by atoms with van der Waals surface area (Å²) < 4.78 is 30.3. The quantitative estimate of drug-likeness (QED) is 0.354. The Morgan fingerprint density at radius 1 is 1.19 bits per heavy atom. The second-order valence-electron chi connectivity index (χ2n) is 9.01. The number of amides is 2. The second kappa shape index (κ2) is 14.9. The van der Waals surface area contributed by atoms with Crippen LogP contribution in [0.5, 0.6) is 0 Å². The Hall–Kier alpha value is -2.72. The minimum atomic E-state index is -0.711. The zero-order chi connectivity index (χ0) is 26.6. The minimum Gasteiger partial charge on any atom is -0.453 e. The van der Waals surface area contributed by atoms with Crippen molar-refractivity contribution in [2.45, 2.75) is 31.4 Å². The highest BCUT2D eigenvalue weighted by Crippen LogP contribution is 2.29. The number of rotatable bonds is 12. The zero-order valence-electron chi connectivity index (χ0n) is 21.2. The van der Waals surface area contributed by atoms with Gasteiger partial charge >= 0.3 is 6.09 Å². The molecule has 3 N–H and O–H groups in total. The van der Waals surface area contributed by atoms with Crippen LogP contribution in [0.3, 0.4) is 0 Å². The average molecular weight is 536 g/mol. The number of alkyl carbamates (subject to hydrolysis) is 1. The van der Waals surface area contributed by atoms with Crippen molar-refractivity contribution in [1.29, 1.82) is 0 Å². The number of carbonyl (C=O) groups is 2. The molecule has 0 aliphatic carbocycles. The summed E-state index contributed by atoms with van der Waals surface area (Å²) in [6.07, 6.45) is 1.83. The fourth-order valence-electron chi connectivity index (χ4n) is 4.37. The van der Waals surface area contributed by atoms with Crippen LogP contribution in [0.25, 0.3) is 0 Å². The minimum absolute atomic E-state index is 0.124. The number of hydrogen-bond donors (Lipinski definition) is 3. The predicted molar refractivity (Wildman–Crippen MR) is 139 cm³/mol. The summed E-state index contributed by atoms with van der Waals surface area (Å²) in [5.74, 6) is -0.236. The van der Waals surface area contributed by atoms with E-state index < -0.39 is 18.0 Å². The average Bonchev–Trinajstić information content (AvgIpc) is 2.90. The lowest BCUT2D eigenvalue weighted by atomic mass is 9.94. The standard InChI is InChI=1S/C27H35ClFN3O5/c1-30-24(11-18-5-4-9-36-17-18)16-32-26(33)20-7-3-6-19(12-20)25(37-10-8-31-27(34)35-2)21-13-22(28)15-23(29)14-21/h3,6-7,12-15,18,24-25,30H,4-5,8-11,16-17H2,1-2H3,(H,31,34)(H,32,33)/t18-,24+,25-/m1/s1. The van der Waals surface area contributed by atoms with Crippen molar-refractivity contribution in [3.05, 3.63) is 70.0 Å². The van der Waals surface area contributed by atoms with Gasteiger partial charge in [-0.25, -0.2) is 9.18 Å². The number of methoxy groups -OCH3 is 1.